The Bertz CT molecular complexity index is 187. The summed E-state index contributed by atoms with van der Waals surface area (Å²) in [5, 5.41) is 5.40. The number of rotatable bonds is 9. The van der Waals surface area contributed by atoms with E-state index in [9.17, 15) is 9.59 Å². The number of amides is 2. The lowest BCUT2D eigenvalue weighted by Crippen LogP contribution is -2.31. The Labute approximate surface area is 96.1 Å². The van der Waals surface area contributed by atoms with E-state index in [0.717, 1.165) is 25.7 Å². The molecular formula is C10H22N4O2. The summed E-state index contributed by atoms with van der Waals surface area (Å²) in [6.07, 6.45) is 3.94. The van der Waals surface area contributed by atoms with Gasteiger partial charge in [-0.2, -0.15) is 0 Å². The fourth-order valence-electron chi connectivity index (χ4n) is 1.20. The molecule has 2 amide bonds. The van der Waals surface area contributed by atoms with Gasteiger partial charge in [0.1, 0.15) is 0 Å². The van der Waals surface area contributed by atoms with Crippen LogP contribution in [0.1, 0.15) is 25.7 Å². The molecule has 6 heteroatoms. The minimum absolute atomic E-state index is 0.0467. The molecule has 0 aromatic carbocycles. The van der Waals surface area contributed by atoms with Crippen molar-refractivity contribution in [2.24, 2.45) is 11.5 Å². The first-order valence-corrected chi connectivity index (χ1v) is 5.64. The van der Waals surface area contributed by atoms with Gasteiger partial charge in [-0.1, -0.05) is 12.8 Å². The smallest absolute Gasteiger partial charge is 0.233 e. The SMILES string of the molecule is NCC(=O)NCCCCCCNC(=O)CN. The maximum atomic E-state index is 10.8. The molecule has 0 fully saturated rings. The van der Waals surface area contributed by atoms with E-state index >= 15 is 0 Å². The number of carbonyl (C=O) groups excluding carboxylic acids is 2. The van der Waals surface area contributed by atoms with Crippen LogP contribution in [-0.2, 0) is 9.59 Å². The number of carbonyl (C=O) groups is 2. The molecule has 0 atom stereocenters. The fourth-order valence-corrected chi connectivity index (χ4v) is 1.20. The molecule has 0 aliphatic carbocycles. The van der Waals surface area contributed by atoms with Gasteiger partial charge in [-0.25, -0.2) is 0 Å². The Morgan fingerprint density at radius 1 is 0.750 bits per heavy atom. The molecule has 0 saturated heterocycles. The highest BCUT2D eigenvalue weighted by molar-refractivity contribution is 5.77. The number of hydrogen-bond acceptors (Lipinski definition) is 4. The topological polar surface area (TPSA) is 110 Å². The molecule has 0 aliphatic heterocycles. The molecule has 6 N–H and O–H groups in total. The average molecular weight is 230 g/mol. The normalized spacial score (nSPS) is 9.88. The standard InChI is InChI=1S/C10H22N4O2/c11-7-9(15)13-5-3-1-2-4-6-14-10(16)8-12/h1-8,11-12H2,(H,13,15)(H,14,16). The van der Waals surface area contributed by atoms with E-state index < -0.39 is 0 Å². The van der Waals surface area contributed by atoms with E-state index in [0.29, 0.717) is 13.1 Å². The van der Waals surface area contributed by atoms with Gasteiger partial charge in [-0.15, -0.1) is 0 Å². The monoisotopic (exact) mass is 230 g/mol. The van der Waals surface area contributed by atoms with Crippen LogP contribution in [0, 0.1) is 0 Å². The van der Waals surface area contributed by atoms with Crippen LogP contribution < -0.4 is 22.1 Å². The highest BCUT2D eigenvalue weighted by Gasteiger charge is 1.97. The lowest BCUT2D eigenvalue weighted by molar-refractivity contribution is -0.120. The molecule has 6 nitrogen and oxygen atoms in total. The Morgan fingerprint density at radius 2 is 1.12 bits per heavy atom. The Balaban J connectivity index is 3.10. The van der Waals surface area contributed by atoms with Crippen LogP contribution in [0.15, 0.2) is 0 Å². The Kier molecular flexibility index (Phi) is 9.64. The third-order valence-electron chi connectivity index (χ3n) is 2.12. The summed E-state index contributed by atoms with van der Waals surface area (Å²) in [6, 6.07) is 0. The van der Waals surface area contributed by atoms with Gasteiger partial charge in [0.15, 0.2) is 0 Å². The third-order valence-corrected chi connectivity index (χ3v) is 2.12. The first-order valence-electron chi connectivity index (χ1n) is 5.64. The van der Waals surface area contributed by atoms with Crippen molar-refractivity contribution in [1.82, 2.24) is 10.6 Å². The molecular weight excluding hydrogens is 208 g/mol. The number of hydrogen-bond donors (Lipinski definition) is 4. The molecule has 0 aromatic heterocycles. The van der Waals surface area contributed by atoms with Gasteiger partial charge in [-0.05, 0) is 12.8 Å². The van der Waals surface area contributed by atoms with Crippen LogP contribution in [-0.4, -0.2) is 38.0 Å². The summed E-state index contributed by atoms with van der Waals surface area (Å²) >= 11 is 0. The highest BCUT2D eigenvalue weighted by Crippen LogP contribution is 1.97. The Morgan fingerprint density at radius 3 is 1.44 bits per heavy atom. The molecule has 0 radical (unpaired) electrons. The molecule has 0 bridgehead atoms. The van der Waals surface area contributed by atoms with Crippen LogP contribution in [0.25, 0.3) is 0 Å². The van der Waals surface area contributed by atoms with Crippen molar-refractivity contribution >= 4 is 11.8 Å². The van der Waals surface area contributed by atoms with Crippen molar-refractivity contribution in [3.8, 4) is 0 Å². The molecule has 94 valence electrons. The first-order chi connectivity index (χ1) is 7.70. The zero-order chi connectivity index (χ0) is 12.2. The molecule has 0 heterocycles. The van der Waals surface area contributed by atoms with Crippen LogP contribution >= 0.6 is 0 Å². The summed E-state index contributed by atoms with van der Waals surface area (Å²) in [4.78, 5) is 21.5. The van der Waals surface area contributed by atoms with Crippen molar-refractivity contribution in [1.29, 1.82) is 0 Å². The van der Waals surface area contributed by atoms with Gasteiger partial charge in [0.05, 0.1) is 13.1 Å². The van der Waals surface area contributed by atoms with Crippen molar-refractivity contribution < 1.29 is 9.59 Å². The van der Waals surface area contributed by atoms with Crippen LogP contribution in [0.5, 0.6) is 0 Å². The van der Waals surface area contributed by atoms with Gasteiger partial charge < -0.3 is 22.1 Å². The summed E-state index contributed by atoms with van der Waals surface area (Å²) in [5.41, 5.74) is 10.3. The van der Waals surface area contributed by atoms with Gasteiger partial charge in [-0.3, -0.25) is 9.59 Å². The minimum Gasteiger partial charge on any atom is -0.355 e. The fraction of sp³-hybridized carbons (Fsp3) is 0.800. The second kappa shape index (κ2) is 10.4. The largest absolute Gasteiger partial charge is 0.355 e. The van der Waals surface area contributed by atoms with Gasteiger partial charge in [0.2, 0.25) is 11.8 Å². The van der Waals surface area contributed by atoms with Crippen molar-refractivity contribution in [3.63, 3.8) is 0 Å². The summed E-state index contributed by atoms with van der Waals surface area (Å²) in [5.74, 6) is -0.231. The molecule has 16 heavy (non-hydrogen) atoms. The second-order valence-corrected chi connectivity index (χ2v) is 3.52. The quantitative estimate of drug-likeness (QED) is 0.369. The average Bonchev–Trinajstić information content (AvgIpc) is 2.31. The molecule has 0 aliphatic rings. The molecule has 0 unspecified atom stereocenters. The summed E-state index contributed by atoms with van der Waals surface area (Å²) in [7, 11) is 0. The van der Waals surface area contributed by atoms with Crippen molar-refractivity contribution in [3.05, 3.63) is 0 Å². The lowest BCUT2D eigenvalue weighted by atomic mass is 10.2. The van der Waals surface area contributed by atoms with Crippen LogP contribution in [0.3, 0.4) is 0 Å². The predicted octanol–water partition coefficient (Wildman–Crippen LogP) is -1.30. The van der Waals surface area contributed by atoms with Gasteiger partial charge in [0.25, 0.3) is 0 Å². The molecule has 0 rings (SSSR count). The van der Waals surface area contributed by atoms with Crippen LogP contribution in [0.4, 0.5) is 0 Å². The maximum Gasteiger partial charge on any atom is 0.233 e. The number of nitrogens with two attached hydrogens (primary N) is 2. The van der Waals surface area contributed by atoms with E-state index in [1.54, 1.807) is 0 Å². The Hall–Kier alpha value is -1.14. The van der Waals surface area contributed by atoms with E-state index in [-0.39, 0.29) is 24.9 Å². The van der Waals surface area contributed by atoms with Crippen LogP contribution in [0.2, 0.25) is 0 Å². The minimum atomic E-state index is -0.116. The zero-order valence-corrected chi connectivity index (χ0v) is 9.63. The van der Waals surface area contributed by atoms with E-state index in [1.165, 1.54) is 0 Å². The molecule has 0 spiro atoms. The molecule has 0 aromatic rings. The highest BCUT2D eigenvalue weighted by atomic mass is 16.2. The van der Waals surface area contributed by atoms with E-state index in [2.05, 4.69) is 10.6 Å². The third kappa shape index (κ3) is 9.42. The number of nitrogens with one attached hydrogen (secondary N) is 2. The summed E-state index contributed by atoms with van der Waals surface area (Å²) in [6.45, 7) is 1.44. The first kappa shape index (κ1) is 14.9. The second-order valence-electron chi connectivity index (χ2n) is 3.52. The molecule has 0 saturated carbocycles. The van der Waals surface area contributed by atoms with E-state index in [1.807, 2.05) is 0 Å². The predicted molar refractivity (Wildman–Crippen MR) is 62.6 cm³/mol. The summed E-state index contributed by atoms with van der Waals surface area (Å²) < 4.78 is 0. The van der Waals surface area contributed by atoms with Crippen molar-refractivity contribution in [2.75, 3.05) is 26.2 Å². The zero-order valence-electron chi connectivity index (χ0n) is 9.63. The van der Waals surface area contributed by atoms with Gasteiger partial charge in [0, 0.05) is 13.1 Å². The lowest BCUT2D eigenvalue weighted by Gasteiger charge is -2.04. The maximum absolute atomic E-state index is 10.8. The van der Waals surface area contributed by atoms with Gasteiger partial charge >= 0.3 is 0 Å². The van der Waals surface area contributed by atoms with Crippen molar-refractivity contribution in [2.45, 2.75) is 25.7 Å². The number of unbranched alkanes of at least 4 members (excludes halogenated alkanes) is 3. The van der Waals surface area contributed by atoms with E-state index in [4.69, 9.17) is 11.5 Å².